The van der Waals surface area contributed by atoms with Gasteiger partial charge in [0, 0.05) is 13.1 Å². The van der Waals surface area contributed by atoms with Gasteiger partial charge in [-0.2, -0.15) is 9.41 Å². The van der Waals surface area contributed by atoms with Crippen molar-refractivity contribution in [3.05, 3.63) is 54.1 Å². The molecular weight excluding hydrogens is 422 g/mol. The molecule has 2 aliphatic heterocycles. The molecule has 2 aromatic rings. The third kappa shape index (κ3) is 4.71. The maximum Gasteiger partial charge on any atom is 0.284 e. The third-order valence-corrected chi connectivity index (χ3v) is 6.93. The lowest BCUT2D eigenvalue weighted by atomic mass is 10.1. The molecule has 4 rings (SSSR count). The number of carbonyl (C=O) groups is 1. The van der Waals surface area contributed by atoms with Gasteiger partial charge < -0.3 is 14.2 Å². The van der Waals surface area contributed by atoms with E-state index in [0.717, 1.165) is 0 Å². The van der Waals surface area contributed by atoms with E-state index < -0.39 is 22.0 Å². The van der Waals surface area contributed by atoms with Gasteiger partial charge in [0.05, 0.1) is 23.8 Å². The summed E-state index contributed by atoms with van der Waals surface area (Å²) in [5.74, 6) is 0.672. The standard InChI is InChI=1S/C21H23N3O6S/c1-15(22-23-21(25)20-14-29-18-4-2-3-5-19(18)30-20)16-6-8-17(9-7-16)31(26,27)24-10-12-28-13-11-24/h2-9,20H,10-14H2,1H3,(H,23,25)/b22-15+. The number of para-hydroxylation sites is 2. The molecular formula is C21H23N3O6S. The number of fused-ring (bicyclic) bond motifs is 1. The summed E-state index contributed by atoms with van der Waals surface area (Å²) in [4.78, 5) is 12.6. The normalized spacial score (nSPS) is 19.6. The van der Waals surface area contributed by atoms with Crippen LogP contribution in [0.2, 0.25) is 0 Å². The van der Waals surface area contributed by atoms with Crippen molar-refractivity contribution in [2.45, 2.75) is 17.9 Å². The zero-order valence-electron chi connectivity index (χ0n) is 17.0. The molecule has 1 amide bonds. The fourth-order valence-corrected chi connectivity index (χ4v) is 4.64. The second-order valence-electron chi connectivity index (χ2n) is 7.08. The predicted octanol–water partition coefficient (Wildman–Crippen LogP) is 1.39. The third-order valence-electron chi connectivity index (χ3n) is 5.01. The Hall–Kier alpha value is -2.95. The SMILES string of the molecule is C/C(=N\NC(=O)C1COc2ccccc2O1)c1ccc(S(=O)(=O)N2CCOCC2)cc1. The molecule has 2 aromatic carbocycles. The molecule has 0 aliphatic carbocycles. The number of hydrogen-bond donors (Lipinski definition) is 1. The van der Waals surface area contributed by atoms with Crippen LogP contribution in [0.5, 0.6) is 11.5 Å². The lowest BCUT2D eigenvalue weighted by molar-refractivity contribution is -0.130. The number of hydrazone groups is 1. The number of ether oxygens (including phenoxy) is 3. The number of morpholine rings is 1. The van der Waals surface area contributed by atoms with Crippen molar-refractivity contribution in [1.29, 1.82) is 0 Å². The number of sulfonamides is 1. The molecule has 1 fully saturated rings. The Labute approximate surface area is 180 Å². The number of amides is 1. The summed E-state index contributed by atoms with van der Waals surface area (Å²) in [5, 5.41) is 4.11. The first-order chi connectivity index (χ1) is 14.9. The van der Waals surface area contributed by atoms with Crippen molar-refractivity contribution in [2.75, 3.05) is 32.9 Å². The molecule has 0 aromatic heterocycles. The summed E-state index contributed by atoms with van der Waals surface area (Å²) in [6.45, 7) is 3.28. The average molecular weight is 445 g/mol. The fraction of sp³-hybridized carbons (Fsp3) is 0.333. The Morgan fingerprint density at radius 3 is 2.45 bits per heavy atom. The molecule has 1 atom stereocenters. The van der Waals surface area contributed by atoms with E-state index in [1.165, 1.54) is 16.4 Å². The van der Waals surface area contributed by atoms with Gasteiger partial charge in [0.25, 0.3) is 5.91 Å². The van der Waals surface area contributed by atoms with Crippen LogP contribution in [0.25, 0.3) is 0 Å². The molecule has 164 valence electrons. The summed E-state index contributed by atoms with van der Waals surface area (Å²) in [5.41, 5.74) is 3.70. The molecule has 0 spiro atoms. The van der Waals surface area contributed by atoms with Gasteiger partial charge in [-0.25, -0.2) is 13.8 Å². The summed E-state index contributed by atoms with van der Waals surface area (Å²) >= 11 is 0. The largest absolute Gasteiger partial charge is 0.485 e. The van der Waals surface area contributed by atoms with E-state index in [1.54, 1.807) is 37.3 Å². The van der Waals surface area contributed by atoms with Gasteiger partial charge >= 0.3 is 0 Å². The fourth-order valence-electron chi connectivity index (χ4n) is 3.23. The minimum absolute atomic E-state index is 0.0888. The first-order valence-corrected chi connectivity index (χ1v) is 11.3. The van der Waals surface area contributed by atoms with Crippen molar-refractivity contribution >= 4 is 21.6 Å². The predicted molar refractivity (Wildman–Crippen MR) is 113 cm³/mol. The van der Waals surface area contributed by atoms with Gasteiger partial charge in [0.1, 0.15) is 6.61 Å². The van der Waals surface area contributed by atoms with Crippen molar-refractivity contribution in [3.8, 4) is 11.5 Å². The van der Waals surface area contributed by atoms with E-state index in [2.05, 4.69) is 10.5 Å². The van der Waals surface area contributed by atoms with Crippen molar-refractivity contribution in [2.24, 2.45) is 5.10 Å². The van der Waals surface area contributed by atoms with Crippen LogP contribution in [0.4, 0.5) is 0 Å². The van der Waals surface area contributed by atoms with E-state index in [0.29, 0.717) is 49.1 Å². The van der Waals surface area contributed by atoms with Crippen molar-refractivity contribution in [3.63, 3.8) is 0 Å². The van der Waals surface area contributed by atoms with Gasteiger partial charge in [-0.05, 0) is 36.8 Å². The molecule has 2 heterocycles. The van der Waals surface area contributed by atoms with E-state index in [1.807, 2.05) is 6.07 Å². The van der Waals surface area contributed by atoms with Crippen LogP contribution >= 0.6 is 0 Å². The Kier molecular flexibility index (Phi) is 6.21. The second kappa shape index (κ2) is 9.04. The summed E-state index contributed by atoms with van der Waals surface area (Å²) in [7, 11) is -3.56. The second-order valence-corrected chi connectivity index (χ2v) is 9.02. The quantitative estimate of drug-likeness (QED) is 0.551. The molecule has 2 aliphatic rings. The molecule has 1 saturated heterocycles. The number of nitrogens with zero attached hydrogens (tertiary/aromatic N) is 2. The maximum atomic E-state index is 12.7. The monoisotopic (exact) mass is 445 g/mol. The Balaban J connectivity index is 1.39. The highest BCUT2D eigenvalue weighted by Crippen LogP contribution is 2.30. The van der Waals surface area contributed by atoms with Crippen LogP contribution in [0.15, 0.2) is 58.5 Å². The van der Waals surface area contributed by atoms with Crippen LogP contribution < -0.4 is 14.9 Å². The highest BCUT2D eigenvalue weighted by Gasteiger charge is 2.28. The maximum absolute atomic E-state index is 12.7. The molecule has 10 heteroatoms. The van der Waals surface area contributed by atoms with Crippen LogP contribution in [0, 0.1) is 0 Å². The van der Waals surface area contributed by atoms with E-state index >= 15 is 0 Å². The topological polar surface area (TPSA) is 107 Å². The van der Waals surface area contributed by atoms with Gasteiger partial charge in [-0.15, -0.1) is 0 Å². The lowest BCUT2D eigenvalue weighted by Gasteiger charge is -2.26. The molecule has 0 bridgehead atoms. The first-order valence-electron chi connectivity index (χ1n) is 9.86. The van der Waals surface area contributed by atoms with Crippen LogP contribution in [-0.4, -0.2) is 63.4 Å². The van der Waals surface area contributed by atoms with Gasteiger partial charge in [-0.3, -0.25) is 4.79 Å². The lowest BCUT2D eigenvalue weighted by Crippen LogP contribution is -2.42. The van der Waals surface area contributed by atoms with Crippen LogP contribution in [-0.2, 0) is 19.6 Å². The van der Waals surface area contributed by atoms with Crippen LogP contribution in [0.1, 0.15) is 12.5 Å². The zero-order valence-corrected chi connectivity index (χ0v) is 17.8. The summed E-state index contributed by atoms with van der Waals surface area (Å²) in [6.07, 6.45) is -0.813. The van der Waals surface area contributed by atoms with Crippen molar-refractivity contribution < 1.29 is 27.4 Å². The Morgan fingerprint density at radius 1 is 1.06 bits per heavy atom. The minimum atomic E-state index is -3.56. The minimum Gasteiger partial charge on any atom is -0.485 e. The molecule has 1 unspecified atom stereocenters. The van der Waals surface area contributed by atoms with Gasteiger partial charge in [-0.1, -0.05) is 24.3 Å². The average Bonchev–Trinajstić information content (AvgIpc) is 2.82. The first kappa shape index (κ1) is 21.3. The van der Waals surface area contributed by atoms with Crippen molar-refractivity contribution in [1.82, 2.24) is 9.73 Å². The zero-order chi connectivity index (χ0) is 21.8. The number of carbonyl (C=O) groups excluding carboxylic acids is 1. The molecule has 0 radical (unpaired) electrons. The Morgan fingerprint density at radius 2 is 1.74 bits per heavy atom. The summed E-state index contributed by atoms with van der Waals surface area (Å²) < 4.78 is 43.2. The number of hydrogen-bond acceptors (Lipinski definition) is 7. The smallest absolute Gasteiger partial charge is 0.284 e. The highest BCUT2D eigenvalue weighted by molar-refractivity contribution is 7.89. The number of benzene rings is 2. The number of rotatable bonds is 5. The summed E-state index contributed by atoms with van der Waals surface area (Å²) in [6, 6.07) is 13.5. The Bertz CT molecular complexity index is 1080. The molecule has 9 nitrogen and oxygen atoms in total. The van der Waals surface area contributed by atoms with E-state index in [4.69, 9.17) is 14.2 Å². The highest BCUT2D eigenvalue weighted by atomic mass is 32.2. The van der Waals surface area contributed by atoms with Crippen LogP contribution in [0.3, 0.4) is 0 Å². The molecule has 0 saturated carbocycles. The molecule has 31 heavy (non-hydrogen) atoms. The molecule has 1 N–H and O–H groups in total. The van der Waals surface area contributed by atoms with Gasteiger partial charge in [0.15, 0.2) is 11.5 Å². The number of nitrogens with one attached hydrogen (secondary N) is 1. The van der Waals surface area contributed by atoms with E-state index in [-0.39, 0.29) is 11.5 Å². The van der Waals surface area contributed by atoms with E-state index in [9.17, 15) is 13.2 Å². The van der Waals surface area contributed by atoms with Gasteiger partial charge in [0.2, 0.25) is 16.1 Å².